The highest BCUT2D eigenvalue weighted by molar-refractivity contribution is 6.31. The first-order chi connectivity index (χ1) is 13.3. The largest absolute Gasteiger partial charge is 0.385 e. The summed E-state index contributed by atoms with van der Waals surface area (Å²) in [5, 5.41) is 6.57. The highest BCUT2D eigenvalue weighted by Crippen LogP contribution is 2.20. The number of carbonyl (C=O) groups excluding carboxylic acids is 1. The number of nitrogens with two attached hydrogens (primary N) is 1. The first kappa shape index (κ1) is 21.1. The number of amides is 2. The topological polar surface area (TPSA) is 82.8 Å². The van der Waals surface area contributed by atoms with E-state index in [1.807, 2.05) is 44.2 Å². The minimum atomic E-state index is -0.355. The van der Waals surface area contributed by atoms with Gasteiger partial charge in [-0.15, -0.1) is 0 Å². The van der Waals surface area contributed by atoms with Crippen LogP contribution in [-0.2, 0) is 0 Å². The molecule has 0 bridgehead atoms. The van der Waals surface area contributed by atoms with Crippen LogP contribution in [-0.4, -0.2) is 23.8 Å². The second-order valence-corrected chi connectivity index (χ2v) is 6.59. The van der Waals surface area contributed by atoms with Crippen LogP contribution in [0.25, 0.3) is 0 Å². The van der Waals surface area contributed by atoms with Crippen molar-refractivity contribution in [3.05, 3.63) is 83.3 Å². The quantitative estimate of drug-likeness (QED) is 0.497. The average Bonchev–Trinajstić information content (AvgIpc) is 2.64. The summed E-state index contributed by atoms with van der Waals surface area (Å²) in [5.74, 6) is 0.625. The van der Waals surface area contributed by atoms with Crippen molar-refractivity contribution in [2.75, 3.05) is 17.7 Å². The molecule has 28 heavy (non-hydrogen) atoms. The Balaban J connectivity index is 2.17. The van der Waals surface area contributed by atoms with Crippen LogP contribution in [0.5, 0.6) is 0 Å². The van der Waals surface area contributed by atoms with Crippen molar-refractivity contribution in [3.63, 3.8) is 0 Å². The molecule has 0 saturated heterocycles. The number of nitrogens with zero attached hydrogens (tertiary/aromatic N) is 2. The van der Waals surface area contributed by atoms with Gasteiger partial charge in [-0.3, -0.25) is 4.90 Å². The van der Waals surface area contributed by atoms with Crippen LogP contribution in [0.4, 0.5) is 16.2 Å². The molecule has 0 atom stereocenters. The number of para-hydroxylation sites is 1. The Bertz CT molecular complexity index is 916. The minimum absolute atomic E-state index is 0.207. The molecule has 0 unspecified atom stereocenters. The SMILES string of the molecule is C=C/N=C(\C=C(/N)N(C)C(=O)Nc1c(C)cccc1C)Nc1cccc(Cl)c1. The van der Waals surface area contributed by atoms with E-state index in [1.165, 1.54) is 11.1 Å². The molecule has 146 valence electrons. The number of rotatable bonds is 5. The first-order valence-electron chi connectivity index (χ1n) is 8.61. The van der Waals surface area contributed by atoms with Crippen LogP contribution in [0.1, 0.15) is 11.1 Å². The van der Waals surface area contributed by atoms with Gasteiger partial charge >= 0.3 is 6.03 Å². The van der Waals surface area contributed by atoms with Crippen molar-refractivity contribution >= 4 is 34.8 Å². The molecule has 2 amide bonds. The number of benzene rings is 2. The standard InChI is InChI=1S/C21H24ClN5O/c1-5-24-19(25-17-11-7-10-16(22)12-17)13-18(23)27(4)21(28)26-20-14(2)8-6-9-15(20)3/h5-13H,1,23H2,2-4H3,(H,24,25)(H,26,28)/b18-13+. The van der Waals surface area contributed by atoms with Crippen molar-refractivity contribution in [2.24, 2.45) is 10.7 Å². The fraction of sp³-hybridized carbons (Fsp3) is 0.143. The Morgan fingerprint density at radius 1 is 1.18 bits per heavy atom. The number of aliphatic imine (C=N–C) groups is 1. The van der Waals surface area contributed by atoms with Gasteiger partial charge in [0.05, 0.1) is 0 Å². The highest BCUT2D eigenvalue weighted by Gasteiger charge is 2.14. The molecule has 2 rings (SSSR count). The number of urea groups is 1. The van der Waals surface area contributed by atoms with E-state index in [4.69, 9.17) is 17.3 Å². The molecule has 0 radical (unpaired) electrons. The molecule has 0 aliphatic carbocycles. The van der Waals surface area contributed by atoms with E-state index in [9.17, 15) is 4.79 Å². The zero-order chi connectivity index (χ0) is 20.7. The summed E-state index contributed by atoms with van der Waals surface area (Å²) >= 11 is 6.00. The number of hydrogen-bond acceptors (Lipinski definition) is 3. The zero-order valence-corrected chi connectivity index (χ0v) is 16.9. The fourth-order valence-electron chi connectivity index (χ4n) is 2.47. The molecule has 4 N–H and O–H groups in total. The van der Waals surface area contributed by atoms with Crippen molar-refractivity contribution < 1.29 is 4.79 Å². The molecule has 0 fully saturated rings. The van der Waals surface area contributed by atoms with E-state index in [-0.39, 0.29) is 11.9 Å². The van der Waals surface area contributed by atoms with Gasteiger partial charge in [0.2, 0.25) is 0 Å². The van der Waals surface area contributed by atoms with E-state index in [1.54, 1.807) is 25.3 Å². The molecule has 0 aromatic heterocycles. The molecule has 0 aliphatic rings. The summed E-state index contributed by atoms with van der Waals surface area (Å²) in [5.41, 5.74) is 9.56. The van der Waals surface area contributed by atoms with Crippen LogP contribution < -0.4 is 16.4 Å². The van der Waals surface area contributed by atoms with Crippen LogP contribution >= 0.6 is 11.6 Å². The van der Waals surface area contributed by atoms with E-state index < -0.39 is 0 Å². The van der Waals surface area contributed by atoms with E-state index in [0.29, 0.717) is 10.9 Å². The van der Waals surface area contributed by atoms with Crippen LogP contribution in [0.3, 0.4) is 0 Å². The lowest BCUT2D eigenvalue weighted by Gasteiger charge is -2.20. The number of anilines is 2. The predicted octanol–water partition coefficient (Wildman–Crippen LogP) is 4.87. The second kappa shape index (κ2) is 9.62. The van der Waals surface area contributed by atoms with Gasteiger partial charge in [-0.2, -0.15) is 0 Å². The maximum absolute atomic E-state index is 12.6. The Kier molecular flexibility index (Phi) is 7.23. The van der Waals surface area contributed by atoms with Crippen LogP contribution in [0, 0.1) is 13.8 Å². The monoisotopic (exact) mass is 397 g/mol. The van der Waals surface area contributed by atoms with Crippen molar-refractivity contribution in [1.82, 2.24) is 4.90 Å². The third-order valence-electron chi connectivity index (χ3n) is 4.02. The molecule has 0 saturated carbocycles. The zero-order valence-electron chi connectivity index (χ0n) is 16.2. The Morgan fingerprint density at radius 2 is 1.82 bits per heavy atom. The van der Waals surface area contributed by atoms with E-state index in [2.05, 4.69) is 22.2 Å². The number of nitrogens with one attached hydrogen (secondary N) is 2. The summed E-state index contributed by atoms with van der Waals surface area (Å²) in [6.07, 6.45) is 2.93. The number of carbonyl (C=O) groups is 1. The summed E-state index contributed by atoms with van der Waals surface area (Å²) in [4.78, 5) is 18.1. The van der Waals surface area contributed by atoms with Gasteiger partial charge in [0.25, 0.3) is 0 Å². The minimum Gasteiger partial charge on any atom is -0.385 e. The normalized spacial score (nSPS) is 11.7. The predicted molar refractivity (Wildman–Crippen MR) is 118 cm³/mol. The van der Waals surface area contributed by atoms with Gasteiger partial charge in [-0.1, -0.05) is 42.4 Å². The molecule has 7 heteroatoms. The molecule has 2 aromatic carbocycles. The number of hydrogen-bond donors (Lipinski definition) is 3. The lowest BCUT2D eigenvalue weighted by atomic mass is 10.1. The van der Waals surface area contributed by atoms with Crippen molar-refractivity contribution in [1.29, 1.82) is 0 Å². The molecule has 0 heterocycles. The number of amidine groups is 1. The summed E-state index contributed by atoms with van der Waals surface area (Å²) in [7, 11) is 1.58. The third kappa shape index (κ3) is 5.62. The first-order valence-corrected chi connectivity index (χ1v) is 8.99. The smallest absolute Gasteiger partial charge is 0.327 e. The van der Waals surface area contributed by atoms with Crippen molar-refractivity contribution in [3.8, 4) is 0 Å². The fourth-order valence-corrected chi connectivity index (χ4v) is 2.66. The van der Waals surface area contributed by atoms with Gasteiger partial charge in [0, 0.05) is 35.7 Å². The van der Waals surface area contributed by atoms with Crippen LogP contribution in [0.2, 0.25) is 5.02 Å². The van der Waals surface area contributed by atoms with Gasteiger partial charge in [0.15, 0.2) is 0 Å². The molecule has 0 spiro atoms. The lowest BCUT2D eigenvalue weighted by molar-refractivity contribution is 0.232. The van der Waals surface area contributed by atoms with E-state index in [0.717, 1.165) is 22.5 Å². The van der Waals surface area contributed by atoms with Gasteiger partial charge in [-0.05, 0) is 43.2 Å². The number of aryl methyl sites for hydroxylation is 2. The lowest BCUT2D eigenvalue weighted by Crippen LogP contribution is -2.35. The second-order valence-electron chi connectivity index (χ2n) is 6.16. The summed E-state index contributed by atoms with van der Waals surface area (Å²) < 4.78 is 0. The molecule has 2 aromatic rings. The summed E-state index contributed by atoms with van der Waals surface area (Å²) in [6, 6.07) is 12.6. The van der Waals surface area contributed by atoms with Gasteiger partial charge < -0.3 is 16.4 Å². The highest BCUT2D eigenvalue weighted by atomic mass is 35.5. The van der Waals surface area contributed by atoms with Crippen molar-refractivity contribution in [2.45, 2.75) is 13.8 Å². The van der Waals surface area contributed by atoms with Crippen LogP contribution in [0.15, 0.2) is 72.1 Å². The molecule has 0 aliphatic heterocycles. The Hall–Kier alpha value is -3.25. The molecule has 6 nitrogen and oxygen atoms in total. The Labute approximate surface area is 170 Å². The maximum atomic E-state index is 12.6. The third-order valence-corrected chi connectivity index (χ3v) is 4.25. The van der Waals surface area contributed by atoms with Gasteiger partial charge in [-0.25, -0.2) is 9.79 Å². The summed E-state index contributed by atoms with van der Waals surface area (Å²) in [6.45, 7) is 7.48. The molecular formula is C21H24ClN5O. The number of halogens is 1. The average molecular weight is 398 g/mol. The molecular weight excluding hydrogens is 374 g/mol. The van der Waals surface area contributed by atoms with E-state index >= 15 is 0 Å². The maximum Gasteiger partial charge on any atom is 0.327 e. The van der Waals surface area contributed by atoms with Gasteiger partial charge in [0.1, 0.15) is 11.7 Å². The Morgan fingerprint density at radius 3 is 2.43 bits per heavy atom.